The molecule has 0 saturated carbocycles. The monoisotopic (exact) mass is 489 g/mol. The number of nitrogens with zero attached hydrogens (tertiary/aromatic N) is 1. The summed E-state index contributed by atoms with van der Waals surface area (Å²) in [5, 5.41) is 0. The van der Waals surface area contributed by atoms with Crippen LogP contribution in [0.5, 0.6) is 0 Å². The van der Waals surface area contributed by atoms with Crippen molar-refractivity contribution in [2.24, 2.45) is 0 Å². The molecule has 0 unspecified atom stereocenters. The predicted molar refractivity (Wildman–Crippen MR) is 108 cm³/mol. The first-order valence-electron chi connectivity index (χ1n) is 9.17. The molecule has 4 aromatic rings. The highest BCUT2D eigenvalue weighted by molar-refractivity contribution is 7.16. The second-order valence-electron chi connectivity index (χ2n) is 6.67. The standard InChI is InChI=1S/C15H12NOS.C6BF8/c17-14(12-6-2-1-3-7-12)10-16-11-18-15-9-5-4-8-13(15)16;8-2-1(7(13,14)15)3(9)5(11)6(12)4(2)10/h1-9,11H,10H2;/q+1;-1. The normalized spacial score (nSPS) is 11.3. The summed E-state index contributed by atoms with van der Waals surface area (Å²) in [6, 6.07) is 17.6. The molecule has 0 atom stereocenters. The molecular weight excluding hydrogens is 477 g/mol. The summed E-state index contributed by atoms with van der Waals surface area (Å²) >= 11 is 1.66. The van der Waals surface area contributed by atoms with Crippen molar-refractivity contribution in [1.29, 1.82) is 0 Å². The van der Waals surface area contributed by atoms with Crippen molar-refractivity contribution in [2.75, 3.05) is 0 Å². The van der Waals surface area contributed by atoms with E-state index in [0.717, 1.165) is 11.1 Å². The Morgan fingerprint density at radius 1 is 0.758 bits per heavy atom. The number of halogens is 8. The van der Waals surface area contributed by atoms with Crippen LogP contribution in [0.15, 0.2) is 60.1 Å². The van der Waals surface area contributed by atoms with Gasteiger partial charge in [-0.1, -0.05) is 53.8 Å². The number of fused-ring (bicyclic) bond motifs is 1. The number of rotatable bonds is 4. The molecule has 0 fully saturated rings. The van der Waals surface area contributed by atoms with E-state index in [2.05, 4.69) is 6.07 Å². The molecule has 0 saturated heterocycles. The van der Waals surface area contributed by atoms with Gasteiger partial charge in [0.1, 0.15) is 16.3 Å². The molecule has 0 aliphatic heterocycles. The number of hydrogen-bond donors (Lipinski definition) is 0. The molecule has 12 heteroatoms. The molecule has 0 spiro atoms. The molecular formula is C21H12BF8NOS. The van der Waals surface area contributed by atoms with Gasteiger partial charge in [0.2, 0.25) is 23.4 Å². The molecule has 33 heavy (non-hydrogen) atoms. The fraction of sp³-hybridized carbons (Fsp3) is 0.0476. The van der Waals surface area contributed by atoms with Gasteiger partial charge in [0, 0.05) is 11.6 Å². The van der Waals surface area contributed by atoms with Crippen molar-refractivity contribution in [1.82, 2.24) is 0 Å². The van der Waals surface area contributed by atoms with Crippen LogP contribution in [0.4, 0.5) is 34.9 Å². The van der Waals surface area contributed by atoms with E-state index in [1.54, 1.807) is 11.3 Å². The maximum Gasteiger partial charge on any atom is 0.515 e. The molecule has 0 aliphatic rings. The third kappa shape index (κ3) is 5.21. The minimum Gasteiger partial charge on any atom is -0.445 e. The lowest BCUT2D eigenvalue weighted by Crippen LogP contribution is -2.41. The number of para-hydroxylation sites is 1. The number of carbonyl (C=O) groups excluding carboxylic acids is 1. The Morgan fingerprint density at radius 3 is 1.85 bits per heavy atom. The highest BCUT2D eigenvalue weighted by atomic mass is 32.1. The van der Waals surface area contributed by atoms with E-state index in [0.29, 0.717) is 6.54 Å². The number of hydrogen-bond acceptors (Lipinski definition) is 2. The molecule has 0 amide bonds. The summed E-state index contributed by atoms with van der Waals surface area (Å²) in [6.45, 7) is -5.91. The van der Waals surface area contributed by atoms with Crippen LogP contribution in [0.3, 0.4) is 0 Å². The van der Waals surface area contributed by atoms with Crippen molar-refractivity contribution >= 4 is 39.8 Å². The van der Waals surface area contributed by atoms with E-state index in [1.165, 1.54) is 4.70 Å². The Kier molecular flexibility index (Phi) is 7.16. The molecule has 0 radical (unpaired) electrons. The number of Topliss-reactive ketones (excluding diaryl/α,β-unsaturated/α-hetero) is 1. The highest BCUT2D eigenvalue weighted by Crippen LogP contribution is 2.21. The second-order valence-corrected chi connectivity index (χ2v) is 7.55. The summed E-state index contributed by atoms with van der Waals surface area (Å²) in [7, 11) is 0. The molecule has 3 aromatic carbocycles. The zero-order chi connectivity index (χ0) is 24.3. The van der Waals surface area contributed by atoms with E-state index in [9.17, 15) is 39.7 Å². The van der Waals surface area contributed by atoms with Crippen molar-refractivity contribution in [2.45, 2.75) is 6.54 Å². The summed E-state index contributed by atoms with van der Waals surface area (Å²) < 4.78 is 101. The summed E-state index contributed by atoms with van der Waals surface area (Å²) in [5.74, 6) is -13.4. The first kappa shape index (κ1) is 24.4. The fourth-order valence-corrected chi connectivity index (χ4v) is 3.77. The second kappa shape index (κ2) is 9.69. The average molecular weight is 489 g/mol. The lowest BCUT2D eigenvalue weighted by molar-refractivity contribution is -0.652. The van der Waals surface area contributed by atoms with Gasteiger partial charge in [0.15, 0.2) is 17.5 Å². The quantitative estimate of drug-likeness (QED) is 0.0926. The van der Waals surface area contributed by atoms with E-state index in [1.807, 2.05) is 58.6 Å². The minimum absolute atomic E-state index is 0.143. The van der Waals surface area contributed by atoms with Crippen molar-refractivity contribution in [3.63, 3.8) is 0 Å². The predicted octanol–water partition coefficient (Wildman–Crippen LogP) is 5.51. The number of benzene rings is 3. The van der Waals surface area contributed by atoms with Crippen LogP contribution in [0.25, 0.3) is 10.2 Å². The SMILES string of the molecule is Fc1c(F)c(F)c([B-](F)(F)F)c(F)c1F.O=C(C[n+]1csc2ccccc21)c1ccccc1. The summed E-state index contributed by atoms with van der Waals surface area (Å²) in [4.78, 5) is 12.1. The fourth-order valence-electron chi connectivity index (χ4n) is 2.87. The first-order valence-corrected chi connectivity index (χ1v) is 10.1. The highest BCUT2D eigenvalue weighted by Gasteiger charge is 2.37. The Bertz CT molecular complexity index is 1280. The zero-order valence-electron chi connectivity index (χ0n) is 16.3. The molecule has 1 aromatic heterocycles. The molecule has 0 aliphatic carbocycles. The topological polar surface area (TPSA) is 20.9 Å². The Hall–Kier alpha value is -3.28. The number of aromatic nitrogens is 1. The van der Waals surface area contributed by atoms with Gasteiger partial charge >= 0.3 is 6.98 Å². The Balaban J connectivity index is 0.000000190. The zero-order valence-corrected chi connectivity index (χ0v) is 17.2. The molecule has 0 bridgehead atoms. The molecule has 4 rings (SSSR count). The minimum atomic E-state index is -6.30. The maximum atomic E-state index is 12.5. The smallest absolute Gasteiger partial charge is 0.445 e. The average Bonchev–Trinajstić information content (AvgIpc) is 3.19. The van der Waals surface area contributed by atoms with E-state index in [-0.39, 0.29) is 5.78 Å². The summed E-state index contributed by atoms with van der Waals surface area (Å²) in [5.41, 5.74) is 1.16. The largest absolute Gasteiger partial charge is 0.515 e. The van der Waals surface area contributed by atoms with Crippen LogP contribution in [0, 0.1) is 29.1 Å². The number of ketones is 1. The van der Waals surface area contributed by atoms with Gasteiger partial charge in [0.05, 0.1) is 0 Å². The van der Waals surface area contributed by atoms with Crippen LogP contribution in [-0.2, 0) is 6.54 Å². The molecule has 1 heterocycles. The lowest BCUT2D eigenvalue weighted by atomic mass is 9.79. The van der Waals surface area contributed by atoms with Crippen molar-refractivity contribution < 1.29 is 44.3 Å². The third-order valence-electron chi connectivity index (χ3n) is 4.46. The van der Waals surface area contributed by atoms with Gasteiger partial charge in [-0.2, -0.15) is 4.57 Å². The lowest BCUT2D eigenvalue weighted by Gasteiger charge is -2.17. The van der Waals surface area contributed by atoms with E-state index < -0.39 is 41.5 Å². The van der Waals surface area contributed by atoms with Crippen LogP contribution in [0.1, 0.15) is 10.4 Å². The van der Waals surface area contributed by atoms with Gasteiger partial charge in [0.25, 0.3) is 0 Å². The molecule has 0 N–H and O–H groups in total. The maximum absolute atomic E-state index is 12.5. The van der Waals surface area contributed by atoms with Gasteiger partial charge in [-0.25, -0.2) is 22.0 Å². The Morgan fingerprint density at radius 2 is 1.27 bits per heavy atom. The number of thiazole rings is 1. The van der Waals surface area contributed by atoms with Crippen LogP contribution >= 0.6 is 11.3 Å². The van der Waals surface area contributed by atoms with Crippen molar-refractivity contribution in [3.8, 4) is 0 Å². The number of carbonyl (C=O) groups is 1. The third-order valence-corrected chi connectivity index (χ3v) is 5.42. The summed E-state index contributed by atoms with van der Waals surface area (Å²) in [6.07, 6.45) is 0. The van der Waals surface area contributed by atoms with Gasteiger partial charge < -0.3 is 12.9 Å². The van der Waals surface area contributed by atoms with Gasteiger partial charge in [-0.3, -0.25) is 4.79 Å². The molecule has 172 valence electrons. The first-order chi connectivity index (χ1) is 15.5. The van der Waals surface area contributed by atoms with Gasteiger partial charge in [-0.15, -0.1) is 0 Å². The van der Waals surface area contributed by atoms with Crippen LogP contribution in [-0.4, -0.2) is 12.8 Å². The van der Waals surface area contributed by atoms with Crippen LogP contribution < -0.4 is 10.0 Å². The molecule has 2 nitrogen and oxygen atoms in total. The van der Waals surface area contributed by atoms with E-state index in [4.69, 9.17) is 0 Å². The van der Waals surface area contributed by atoms with Crippen LogP contribution in [0.2, 0.25) is 0 Å². The van der Waals surface area contributed by atoms with E-state index >= 15 is 0 Å². The Labute approximate surface area is 185 Å². The van der Waals surface area contributed by atoms with Crippen molar-refractivity contribution in [3.05, 3.63) is 94.8 Å². The van der Waals surface area contributed by atoms with Gasteiger partial charge in [-0.05, 0) is 11.5 Å².